The van der Waals surface area contributed by atoms with E-state index in [1.54, 1.807) is 36.4 Å². The number of benzene rings is 2. The van der Waals surface area contributed by atoms with E-state index in [0.29, 0.717) is 16.8 Å². The lowest BCUT2D eigenvalue weighted by Gasteiger charge is -2.13. The van der Waals surface area contributed by atoms with E-state index in [-0.39, 0.29) is 17.9 Å². The molecular formula is C19H22N2O2. The fourth-order valence-electron chi connectivity index (χ4n) is 2.22. The van der Waals surface area contributed by atoms with Crippen LogP contribution in [0.3, 0.4) is 0 Å². The summed E-state index contributed by atoms with van der Waals surface area (Å²) in [5.74, 6) is -0.422. The van der Waals surface area contributed by atoms with E-state index >= 15 is 0 Å². The van der Waals surface area contributed by atoms with Gasteiger partial charge in [-0.15, -0.1) is 0 Å². The average molecular weight is 310 g/mol. The first-order chi connectivity index (χ1) is 11.0. The van der Waals surface area contributed by atoms with Gasteiger partial charge in [0.25, 0.3) is 11.8 Å². The number of carbonyl (C=O) groups excluding carboxylic acids is 2. The zero-order chi connectivity index (χ0) is 16.8. The number of rotatable bonds is 5. The van der Waals surface area contributed by atoms with Gasteiger partial charge in [-0.3, -0.25) is 9.59 Å². The second kappa shape index (κ2) is 7.58. The topological polar surface area (TPSA) is 58.2 Å². The van der Waals surface area contributed by atoms with Crippen LogP contribution in [0.15, 0.2) is 48.5 Å². The normalized spacial score (nSPS) is 10.4. The maximum atomic E-state index is 12.4. The first-order valence-electron chi connectivity index (χ1n) is 7.81. The van der Waals surface area contributed by atoms with E-state index in [1.165, 1.54) is 5.56 Å². The first kappa shape index (κ1) is 16.7. The van der Waals surface area contributed by atoms with E-state index in [9.17, 15) is 9.59 Å². The summed E-state index contributed by atoms with van der Waals surface area (Å²) >= 11 is 0. The van der Waals surface area contributed by atoms with Crippen molar-refractivity contribution in [1.29, 1.82) is 0 Å². The van der Waals surface area contributed by atoms with Gasteiger partial charge in [0.2, 0.25) is 0 Å². The number of carbonyl (C=O) groups is 2. The molecule has 0 aliphatic rings. The molecule has 0 aromatic heterocycles. The Morgan fingerprint density at radius 1 is 0.957 bits per heavy atom. The Hall–Kier alpha value is -2.62. The van der Waals surface area contributed by atoms with Gasteiger partial charge >= 0.3 is 0 Å². The van der Waals surface area contributed by atoms with Crippen molar-refractivity contribution in [3.63, 3.8) is 0 Å². The predicted octanol–water partition coefficient (Wildman–Crippen LogP) is 3.64. The highest BCUT2D eigenvalue weighted by Crippen LogP contribution is 2.17. The van der Waals surface area contributed by atoms with Gasteiger partial charge in [0.15, 0.2) is 0 Å². The van der Waals surface area contributed by atoms with Crippen molar-refractivity contribution in [2.24, 2.45) is 0 Å². The van der Waals surface area contributed by atoms with Crippen LogP contribution in [0.5, 0.6) is 0 Å². The van der Waals surface area contributed by atoms with Crippen LogP contribution in [0.4, 0.5) is 5.69 Å². The average Bonchev–Trinajstić information content (AvgIpc) is 2.54. The van der Waals surface area contributed by atoms with Crippen molar-refractivity contribution >= 4 is 17.5 Å². The van der Waals surface area contributed by atoms with E-state index in [2.05, 4.69) is 17.6 Å². The Balaban J connectivity index is 2.18. The van der Waals surface area contributed by atoms with Gasteiger partial charge in [-0.1, -0.05) is 31.2 Å². The zero-order valence-electron chi connectivity index (χ0n) is 13.7. The van der Waals surface area contributed by atoms with Crippen LogP contribution in [-0.2, 0) is 6.42 Å². The minimum Gasteiger partial charge on any atom is -0.350 e. The second-order valence-corrected chi connectivity index (χ2v) is 5.68. The minimum absolute atomic E-state index is 0.0350. The summed E-state index contributed by atoms with van der Waals surface area (Å²) in [6.07, 6.45) is 0.931. The van der Waals surface area contributed by atoms with Crippen molar-refractivity contribution in [3.8, 4) is 0 Å². The van der Waals surface area contributed by atoms with Crippen molar-refractivity contribution in [1.82, 2.24) is 5.32 Å². The van der Waals surface area contributed by atoms with Gasteiger partial charge in [0.1, 0.15) is 0 Å². The van der Waals surface area contributed by atoms with E-state index in [0.717, 1.165) is 6.42 Å². The Morgan fingerprint density at radius 3 is 2.22 bits per heavy atom. The fraction of sp³-hybridized carbons (Fsp3) is 0.263. The summed E-state index contributed by atoms with van der Waals surface area (Å²) in [6, 6.07) is 14.5. The minimum atomic E-state index is -0.225. The molecule has 0 heterocycles. The van der Waals surface area contributed by atoms with Gasteiger partial charge in [0, 0.05) is 11.6 Å². The smallest absolute Gasteiger partial charge is 0.255 e. The lowest BCUT2D eigenvalue weighted by atomic mass is 10.1. The van der Waals surface area contributed by atoms with Crippen molar-refractivity contribution < 1.29 is 9.59 Å². The maximum absolute atomic E-state index is 12.4. The molecule has 23 heavy (non-hydrogen) atoms. The molecule has 0 spiro atoms. The van der Waals surface area contributed by atoms with Crippen molar-refractivity contribution in [2.75, 3.05) is 5.32 Å². The number of para-hydroxylation sites is 1. The molecule has 2 rings (SSSR count). The van der Waals surface area contributed by atoms with Crippen LogP contribution in [-0.4, -0.2) is 17.9 Å². The largest absolute Gasteiger partial charge is 0.350 e. The number of hydrogen-bond donors (Lipinski definition) is 2. The molecule has 4 heteroatoms. The third-order valence-corrected chi connectivity index (χ3v) is 3.46. The molecule has 4 nitrogen and oxygen atoms in total. The molecule has 0 radical (unpaired) electrons. The third kappa shape index (κ3) is 4.42. The van der Waals surface area contributed by atoms with Crippen LogP contribution in [0, 0.1) is 0 Å². The van der Waals surface area contributed by atoms with Gasteiger partial charge in [-0.2, -0.15) is 0 Å². The summed E-state index contributed by atoms with van der Waals surface area (Å²) in [6.45, 7) is 5.86. The molecule has 0 aliphatic heterocycles. The number of nitrogens with one attached hydrogen (secondary N) is 2. The summed E-state index contributed by atoms with van der Waals surface area (Å²) in [7, 11) is 0. The SMILES string of the molecule is CCc1ccc(C(=O)Nc2ccccc2C(=O)NC(C)C)cc1. The lowest BCUT2D eigenvalue weighted by Crippen LogP contribution is -2.31. The van der Waals surface area contributed by atoms with Crippen LogP contribution in [0.1, 0.15) is 47.1 Å². The van der Waals surface area contributed by atoms with E-state index in [1.807, 2.05) is 26.0 Å². The molecule has 0 unspecified atom stereocenters. The van der Waals surface area contributed by atoms with Crippen LogP contribution in [0.25, 0.3) is 0 Å². The molecule has 0 saturated heterocycles. The molecule has 0 atom stereocenters. The molecule has 0 bridgehead atoms. The zero-order valence-corrected chi connectivity index (χ0v) is 13.7. The predicted molar refractivity (Wildman–Crippen MR) is 92.8 cm³/mol. The maximum Gasteiger partial charge on any atom is 0.255 e. The molecule has 2 amide bonds. The standard InChI is InChI=1S/C19H22N2O2/c1-4-14-9-11-15(12-10-14)18(22)21-17-8-6-5-7-16(17)19(23)20-13(2)3/h5-13H,4H2,1-3H3,(H,20,23)(H,21,22). The number of aryl methyl sites for hydroxylation is 1. The monoisotopic (exact) mass is 310 g/mol. The van der Waals surface area contributed by atoms with Gasteiger partial charge < -0.3 is 10.6 Å². The van der Waals surface area contributed by atoms with Crippen molar-refractivity contribution in [3.05, 3.63) is 65.2 Å². The highest BCUT2D eigenvalue weighted by atomic mass is 16.2. The Bertz CT molecular complexity index is 691. The van der Waals surface area contributed by atoms with E-state index < -0.39 is 0 Å². The highest BCUT2D eigenvalue weighted by molar-refractivity contribution is 6.09. The summed E-state index contributed by atoms with van der Waals surface area (Å²) < 4.78 is 0. The Kier molecular flexibility index (Phi) is 5.52. The second-order valence-electron chi connectivity index (χ2n) is 5.68. The summed E-state index contributed by atoms with van der Waals surface area (Å²) in [4.78, 5) is 24.6. The molecule has 2 N–H and O–H groups in total. The molecule has 0 aliphatic carbocycles. The Labute approximate surface area is 136 Å². The van der Waals surface area contributed by atoms with Gasteiger partial charge in [-0.05, 0) is 50.1 Å². The summed E-state index contributed by atoms with van der Waals surface area (Å²) in [5, 5.41) is 5.66. The van der Waals surface area contributed by atoms with Crippen LogP contribution in [0.2, 0.25) is 0 Å². The Morgan fingerprint density at radius 2 is 1.61 bits per heavy atom. The van der Waals surface area contributed by atoms with Gasteiger partial charge in [0.05, 0.1) is 11.3 Å². The first-order valence-corrected chi connectivity index (χ1v) is 7.81. The number of anilines is 1. The quantitative estimate of drug-likeness (QED) is 0.886. The lowest BCUT2D eigenvalue weighted by molar-refractivity contribution is 0.0944. The number of amides is 2. The number of hydrogen-bond acceptors (Lipinski definition) is 2. The van der Waals surface area contributed by atoms with Crippen LogP contribution < -0.4 is 10.6 Å². The highest BCUT2D eigenvalue weighted by Gasteiger charge is 2.14. The molecule has 0 fully saturated rings. The van der Waals surface area contributed by atoms with E-state index in [4.69, 9.17) is 0 Å². The molecule has 120 valence electrons. The molecular weight excluding hydrogens is 288 g/mol. The van der Waals surface area contributed by atoms with Crippen molar-refractivity contribution in [2.45, 2.75) is 33.2 Å². The molecule has 2 aromatic carbocycles. The molecule has 2 aromatic rings. The fourth-order valence-corrected chi connectivity index (χ4v) is 2.22. The summed E-state index contributed by atoms with van der Waals surface area (Å²) in [5.41, 5.74) is 2.72. The van der Waals surface area contributed by atoms with Crippen LogP contribution >= 0.6 is 0 Å². The molecule has 0 saturated carbocycles. The van der Waals surface area contributed by atoms with Gasteiger partial charge in [-0.25, -0.2) is 0 Å². The third-order valence-electron chi connectivity index (χ3n) is 3.46.